The lowest BCUT2D eigenvalue weighted by Crippen LogP contribution is -2.23. The second kappa shape index (κ2) is 8.85. The van der Waals surface area contributed by atoms with Gasteiger partial charge in [-0.1, -0.05) is 24.8 Å². The van der Waals surface area contributed by atoms with Crippen LogP contribution in [0.15, 0.2) is 65.0 Å². The van der Waals surface area contributed by atoms with Gasteiger partial charge in [-0.05, 0) is 42.8 Å². The summed E-state index contributed by atoms with van der Waals surface area (Å²) < 4.78 is 12.4. The molecule has 1 heterocycles. The average molecular weight is 378 g/mol. The molecule has 3 aromatic rings. The third-order valence-corrected chi connectivity index (χ3v) is 4.10. The molecule has 7 nitrogen and oxygen atoms in total. The first-order valence-corrected chi connectivity index (χ1v) is 8.88. The van der Waals surface area contributed by atoms with Gasteiger partial charge in [0.1, 0.15) is 6.61 Å². The van der Waals surface area contributed by atoms with Crippen LogP contribution in [0.2, 0.25) is 0 Å². The molecular weight excluding hydrogens is 356 g/mol. The molecule has 0 spiro atoms. The quantitative estimate of drug-likeness (QED) is 0.369. The van der Waals surface area contributed by atoms with Gasteiger partial charge in [-0.3, -0.25) is 9.36 Å². The Bertz CT molecular complexity index is 1070. The third kappa shape index (κ3) is 4.03. The maximum Gasteiger partial charge on any atom is 0.262 e. The van der Waals surface area contributed by atoms with Gasteiger partial charge in [0, 0.05) is 6.54 Å². The molecule has 0 amide bonds. The van der Waals surface area contributed by atoms with E-state index in [1.807, 2.05) is 31.2 Å². The second-order valence-electron chi connectivity index (χ2n) is 5.88. The van der Waals surface area contributed by atoms with E-state index in [0.717, 1.165) is 5.56 Å². The summed E-state index contributed by atoms with van der Waals surface area (Å²) in [4.78, 5) is 17.1. The van der Waals surface area contributed by atoms with Crippen LogP contribution in [0.1, 0.15) is 12.5 Å². The number of fused-ring (bicyclic) bond motifs is 1. The van der Waals surface area contributed by atoms with Crippen molar-refractivity contribution in [3.8, 4) is 11.5 Å². The number of benzene rings is 2. The minimum Gasteiger partial charge on any atom is -0.493 e. The maximum absolute atomic E-state index is 12.6. The standard InChI is InChI=1S/C21H22N4O3/c1-4-12-28-18-11-10-15(13-19(18)27-3)14-22-24-21-23-17-9-7-6-8-16(17)20(26)25(21)5-2/h4,6-11,13-14H,1,5,12H2,2-3H3,(H,23,24)/b22-14-. The van der Waals surface area contributed by atoms with Crippen LogP contribution >= 0.6 is 0 Å². The molecule has 0 saturated heterocycles. The normalized spacial score (nSPS) is 10.9. The van der Waals surface area contributed by atoms with Crippen molar-refractivity contribution in [1.29, 1.82) is 0 Å². The number of rotatable bonds is 8. The number of hydrazone groups is 1. The molecule has 1 aromatic heterocycles. The summed E-state index contributed by atoms with van der Waals surface area (Å²) in [5.74, 6) is 1.61. The van der Waals surface area contributed by atoms with Gasteiger partial charge in [-0.25, -0.2) is 10.4 Å². The lowest BCUT2D eigenvalue weighted by atomic mass is 10.2. The number of aromatic nitrogens is 2. The average Bonchev–Trinajstić information content (AvgIpc) is 2.73. The van der Waals surface area contributed by atoms with Crippen LogP contribution in [0.4, 0.5) is 5.95 Å². The molecular formula is C21H22N4O3. The van der Waals surface area contributed by atoms with Gasteiger partial charge in [0.15, 0.2) is 11.5 Å². The summed E-state index contributed by atoms with van der Waals surface area (Å²) in [5.41, 5.74) is 4.20. The number of nitrogens with zero attached hydrogens (tertiary/aromatic N) is 3. The zero-order chi connectivity index (χ0) is 19.9. The minimum absolute atomic E-state index is 0.101. The summed E-state index contributed by atoms with van der Waals surface area (Å²) in [6.07, 6.45) is 3.30. The highest BCUT2D eigenvalue weighted by Gasteiger charge is 2.09. The minimum atomic E-state index is -0.101. The summed E-state index contributed by atoms with van der Waals surface area (Å²) in [6.45, 7) is 6.40. The van der Waals surface area contributed by atoms with E-state index in [1.54, 1.807) is 42.2 Å². The molecule has 7 heteroatoms. The molecule has 0 fully saturated rings. The van der Waals surface area contributed by atoms with Crippen molar-refractivity contribution in [2.75, 3.05) is 19.1 Å². The highest BCUT2D eigenvalue weighted by atomic mass is 16.5. The Kier molecular flexibility index (Phi) is 6.06. The SMILES string of the molecule is C=CCOc1ccc(/C=N\Nc2nc3ccccc3c(=O)n2CC)cc1OC. The van der Waals surface area contributed by atoms with E-state index >= 15 is 0 Å². The van der Waals surface area contributed by atoms with Crippen molar-refractivity contribution < 1.29 is 9.47 Å². The van der Waals surface area contributed by atoms with Crippen molar-refractivity contribution >= 4 is 23.1 Å². The second-order valence-corrected chi connectivity index (χ2v) is 5.88. The van der Waals surface area contributed by atoms with Gasteiger partial charge in [0.05, 0.1) is 24.2 Å². The van der Waals surface area contributed by atoms with E-state index in [9.17, 15) is 4.79 Å². The molecule has 0 saturated carbocycles. The van der Waals surface area contributed by atoms with Gasteiger partial charge >= 0.3 is 0 Å². The van der Waals surface area contributed by atoms with Crippen LogP contribution in [-0.2, 0) is 6.54 Å². The summed E-state index contributed by atoms with van der Waals surface area (Å²) in [5, 5.41) is 4.81. The Morgan fingerprint density at radius 1 is 1.25 bits per heavy atom. The van der Waals surface area contributed by atoms with Crippen LogP contribution in [0, 0.1) is 0 Å². The first kappa shape index (κ1) is 19.2. The van der Waals surface area contributed by atoms with E-state index in [0.29, 0.717) is 41.5 Å². The highest BCUT2D eigenvalue weighted by molar-refractivity contribution is 5.82. The summed E-state index contributed by atoms with van der Waals surface area (Å²) in [6, 6.07) is 12.7. The van der Waals surface area contributed by atoms with Crippen molar-refractivity contribution in [3.63, 3.8) is 0 Å². The molecule has 2 aromatic carbocycles. The van der Waals surface area contributed by atoms with Gasteiger partial charge in [0.25, 0.3) is 5.56 Å². The molecule has 0 atom stereocenters. The summed E-state index contributed by atoms with van der Waals surface area (Å²) in [7, 11) is 1.58. The Balaban J connectivity index is 1.85. The van der Waals surface area contributed by atoms with Crippen LogP contribution in [0.25, 0.3) is 10.9 Å². The van der Waals surface area contributed by atoms with Gasteiger partial charge in [-0.15, -0.1) is 0 Å². The van der Waals surface area contributed by atoms with Crippen LogP contribution in [-0.4, -0.2) is 29.5 Å². The number of nitrogens with one attached hydrogen (secondary N) is 1. The Morgan fingerprint density at radius 3 is 2.82 bits per heavy atom. The van der Waals surface area contributed by atoms with Crippen molar-refractivity contribution in [2.45, 2.75) is 13.5 Å². The molecule has 0 aliphatic rings. The highest BCUT2D eigenvalue weighted by Crippen LogP contribution is 2.27. The fourth-order valence-electron chi connectivity index (χ4n) is 2.74. The lowest BCUT2D eigenvalue weighted by Gasteiger charge is -2.11. The van der Waals surface area contributed by atoms with Gasteiger partial charge < -0.3 is 9.47 Å². The zero-order valence-electron chi connectivity index (χ0n) is 15.9. The molecule has 3 rings (SSSR count). The predicted molar refractivity (Wildman–Crippen MR) is 112 cm³/mol. The lowest BCUT2D eigenvalue weighted by molar-refractivity contribution is 0.326. The topological polar surface area (TPSA) is 77.7 Å². The smallest absolute Gasteiger partial charge is 0.262 e. The number of anilines is 1. The largest absolute Gasteiger partial charge is 0.493 e. The number of hydrogen-bond acceptors (Lipinski definition) is 6. The van der Waals surface area contributed by atoms with Crippen LogP contribution in [0.5, 0.6) is 11.5 Å². The van der Waals surface area contributed by atoms with Crippen molar-refractivity contribution in [2.24, 2.45) is 5.10 Å². The molecule has 0 aliphatic carbocycles. The first-order chi connectivity index (χ1) is 13.7. The monoisotopic (exact) mass is 378 g/mol. The van der Waals surface area contributed by atoms with Gasteiger partial charge in [-0.2, -0.15) is 5.10 Å². The van der Waals surface area contributed by atoms with E-state index < -0.39 is 0 Å². The van der Waals surface area contributed by atoms with E-state index in [2.05, 4.69) is 22.1 Å². The molecule has 0 aliphatic heterocycles. The maximum atomic E-state index is 12.6. The third-order valence-electron chi connectivity index (χ3n) is 4.10. The van der Waals surface area contributed by atoms with E-state index in [1.165, 1.54) is 0 Å². The Labute approximate surface area is 162 Å². The molecule has 1 N–H and O–H groups in total. The molecule has 0 bridgehead atoms. The van der Waals surface area contributed by atoms with Crippen molar-refractivity contribution in [1.82, 2.24) is 9.55 Å². The fraction of sp³-hybridized carbons (Fsp3) is 0.190. The van der Waals surface area contributed by atoms with Gasteiger partial charge in [0.2, 0.25) is 5.95 Å². The molecule has 0 unspecified atom stereocenters. The zero-order valence-corrected chi connectivity index (χ0v) is 15.9. The number of para-hydroxylation sites is 1. The molecule has 144 valence electrons. The van der Waals surface area contributed by atoms with Crippen LogP contribution < -0.4 is 20.5 Å². The predicted octanol–water partition coefficient (Wildman–Crippen LogP) is 3.44. The van der Waals surface area contributed by atoms with Crippen molar-refractivity contribution in [3.05, 3.63) is 71.0 Å². The Morgan fingerprint density at radius 2 is 2.07 bits per heavy atom. The molecule has 0 radical (unpaired) electrons. The van der Waals surface area contributed by atoms with Crippen LogP contribution in [0.3, 0.4) is 0 Å². The van der Waals surface area contributed by atoms with E-state index in [-0.39, 0.29) is 5.56 Å². The van der Waals surface area contributed by atoms with E-state index in [4.69, 9.17) is 9.47 Å². The first-order valence-electron chi connectivity index (χ1n) is 8.88. The fourth-order valence-corrected chi connectivity index (χ4v) is 2.74. The molecule has 28 heavy (non-hydrogen) atoms. The number of ether oxygens (including phenoxy) is 2. The number of methoxy groups -OCH3 is 1. The summed E-state index contributed by atoms with van der Waals surface area (Å²) >= 11 is 0. The number of hydrogen-bond donors (Lipinski definition) is 1. The Hall–Kier alpha value is -3.61.